The van der Waals surface area contributed by atoms with Gasteiger partial charge in [-0.15, -0.1) is 0 Å². The molecule has 0 unspecified atom stereocenters. The molecule has 168 valence electrons. The number of aliphatic hydroxyl groups excluding tert-OH is 1. The van der Waals surface area contributed by atoms with Crippen molar-refractivity contribution >= 4 is 17.4 Å². The third kappa shape index (κ3) is 4.21. The minimum atomic E-state index is -0.711. The summed E-state index contributed by atoms with van der Waals surface area (Å²) in [6, 6.07) is 13.3. The molecule has 0 spiro atoms. The van der Waals surface area contributed by atoms with Gasteiger partial charge in [0.15, 0.2) is 0 Å². The highest BCUT2D eigenvalue weighted by molar-refractivity contribution is 6.46. The van der Waals surface area contributed by atoms with Crippen molar-refractivity contribution in [3.05, 3.63) is 65.2 Å². The predicted molar refractivity (Wildman–Crippen MR) is 119 cm³/mol. The lowest BCUT2D eigenvalue weighted by Gasteiger charge is -2.27. The molecule has 4 rings (SSSR count). The standard InChI is InChI=1S/C25H27NO6/c1-3-31-19-12-6-16(7-13-19)22-21(23(27)17-8-10-18(30-2)11-9-17)24(28)25(29)26(22)15-20-5-4-14-32-20/h6-13,20,22,27H,3-5,14-15H2,1-2H3/t20-,22+/m1/s1. The number of carbonyl (C=O) groups is 2. The molecule has 0 bridgehead atoms. The van der Waals surface area contributed by atoms with E-state index in [1.807, 2.05) is 19.1 Å². The van der Waals surface area contributed by atoms with Crippen molar-refractivity contribution in [3.63, 3.8) is 0 Å². The Morgan fingerprint density at radius 3 is 2.38 bits per heavy atom. The van der Waals surface area contributed by atoms with Crippen LogP contribution >= 0.6 is 0 Å². The van der Waals surface area contributed by atoms with Crippen LogP contribution in [-0.2, 0) is 14.3 Å². The topological polar surface area (TPSA) is 85.3 Å². The highest BCUT2D eigenvalue weighted by Gasteiger charge is 2.47. The molecule has 2 aromatic rings. The smallest absolute Gasteiger partial charge is 0.295 e. The van der Waals surface area contributed by atoms with E-state index in [-0.39, 0.29) is 17.4 Å². The Balaban J connectivity index is 1.77. The number of rotatable bonds is 7. The maximum atomic E-state index is 13.1. The Morgan fingerprint density at radius 1 is 1.09 bits per heavy atom. The molecule has 2 fully saturated rings. The van der Waals surface area contributed by atoms with E-state index in [1.165, 1.54) is 4.90 Å². The lowest BCUT2D eigenvalue weighted by molar-refractivity contribution is -0.140. The van der Waals surface area contributed by atoms with Crippen LogP contribution in [0.25, 0.3) is 5.76 Å². The van der Waals surface area contributed by atoms with Gasteiger partial charge in [-0.2, -0.15) is 0 Å². The number of hydrogen-bond acceptors (Lipinski definition) is 6. The van der Waals surface area contributed by atoms with Gasteiger partial charge in [0.25, 0.3) is 11.7 Å². The molecule has 7 heteroatoms. The summed E-state index contributed by atoms with van der Waals surface area (Å²) in [7, 11) is 1.55. The number of nitrogens with zero attached hydrogens (tertiary/aromatic N) is 1. The molecule has 2 aromatic carbocycles. The first-order chi connectivity index (χ1) is 15.5. The fourth-order valence-electron chi connectivity index (χ4n) is 4.24. The molecule has 0 aliphatic carbocycles. The molecule has 0 saturated carbocycles. The number of amides is 1. The lowest BCUT2D eigenvalue weighted by Crippen LogP contribution is -2.36. The maximum Gasteiger partial charge on any atom is 0.295 e. The molecule has 32 heavy (non-hydrogen) atoms. The molecular weight excluding hydrogens is 410 g/mol. The molecule has 1 amide bonds. The van der Waals surface area contributed by atoms with Crippen molar-refractivity contribution in [1.82, 2.24) is 4.90 Å². The SMILES string of the molecule is CCOc1ccc([C@H]2C(=C(O)c3ccc(OC)cc3)C(=O)C(=O)N2C[C@H]2CCCO2)cc1. The van der Waals surface area contributed by atoms with Crippen LogP contribution in [0.3, 0.4) is 0 Å². The highest BCUT2D eigenvalue weighted by atomic mass is 16.5. The van der Waals surface area contributed by atoms with Gasteiger partial charge in [-0.25, -0.2) is 0 Å². The Kier molecular flexibility index (Phi) is 6.46. The number of hydrogen-bond donors (Lipinski definition) is 1. The maximum absolute atomic E-state index is 13.1. The van der Waals surface area contributed by atoms with Crippen LogP contribution in [0.2, 0.25) is 0 Å². The van der Waals surface area contributed by atoms with Crippen molar-refractivity contribution in [2.45, 2.75) is 31.9 Å². The van der Waals surface area contributed by atoms with Crippen LogP contribution in [0, 0.1) is 0 Å². The molecule has 0 aromatic heterocycles. The molecule has 0 radical (unpaired) electrons. The first kappa shape index (κ1) is 21.9. The monoisotopic (exact) mass is 437 g/mol. The minimum absolute atomic E-state index is 0.0716. The predicted octanol–water partition coefficient (Wildman–Crippen LogP) is 3.69. The number of Topliss-reactive ketones (excluding diaryl/α,β-unsaturated/α-hetero) is 1. The molecule has 2 heterocycles. The number of likely N-dealkylation sites (tertiary alicyclic amines) is 1. The third-order valence-electron chi connectivity index (χ3n) is 5.83. The van der Waals surface area contributed by atoms with Gasteiger partial charge in [0.1, 0.15) is 17.3 Å². The third-order valence-corrected chi connectivity index (χ3v) is 5.83. The fraction of sp³-hybridized carbons (Fsp3) is 0.360. The van der Waals surface area contributed by atoms with E-state index in [1.54, 1.807) is 43.5 Å². The second-order valence-electron chi connectivity index (χ2n) is 7.82. The minimum Gasteiger partial charge on any atom is -0.507 e. The fourth-order valence-corrected chi connectivity index (χ4v) is 4.24. The van der Waals surface area contributed by atoms with Gasteiger partial charge in [0, 0.05) is 18.7 Å². The van der Waals surface area contributed by atoms with Gasteiger partial charge < -0.3 is 24.2 Å². The quantitative estimate of drug-likeness (QED) is 0.404. The van der Waals surface area contributed by atoms with Crippen LogP contribution < -0.4 is 9.47 Å². The van der Waals surface area contributed by atoms with Gasteiger partial charge in [0.2, 0.25) is 0 Å². The molecule has 2 aliphatic heterocycles. The summed E-state index contributed by atoms with van der Waals surface area (Å²) in [6.07, 6.45) is 1.63. The van der Waals surface area contributed by atoms with Gasteiger partial charge in [-0.1, -0.05) is 12.1 Å². The van der Waals surface area contributed by atoms with E-state index in [2.05, 4.69) is 0 Å². The highest BCUT2D eigenvalue weighted by Crippen LogP contribution is 2.40. The normalized spacial score (nSPS) is 22.4. The number of ketones is 1. The average molecular weight is 437 g/mol. The van der Waals surface area contributed by atoms with Crippen molar-refractivity contribution in [3.8, 4) is 11.5 Å². The van der Waals surface area contributed by atoms with E-state index in [4.69, 9.17) is 14.2 Å². The second kappa shape index (κ2) is 9.44. The van der Waals surface area contributed by atoms with Crippen LogP contribution in [0.4, 0.5) is 0 Å². The first-order valence-corrected chi connectivity index (χ1v) is 10.8. The summed E-state index contributed by atoms with van der Waals surface area (Å²) in [5, 5.41) is 11.1. The second-order valence-corrected chi connectivity index (χ2v) is 7.82. The number of ether oxygens (including phenoxy) is 3. The zero-order valence-electron chi connectivity index (χ0n) is 18.2. The average Bonchev–Trinajstić information content (AvgIpc) is 3.42. The van der Waals surface area contributed by atoms with Crippen LogP contribution in [-0.4, -0.2) is 54.7 Å². The Bertz CT molecular complexity index is 1010. The Morgan fingerprint density at radius 2 is 1.78 bits per heavy atom. The number of aliphatic hydroxyl groups is 1. The van der Waals surface area contributed by atoms with Crippen LogP contribution in [0.1, 0.15) is 36.9 Å². The van der Waals surface area contributed by atoms with E-state index in [0.717, 1.165) is 18.4 Å². The summed E-state index contributed by atoms with van der Waals surface area (Å²) < 4.78 is 16.4. The zero-order valence-corrected chi connectivity index (χ0v) is 18.2. The summed E-state index contributed by atoms with van der Waals surface area (Å²) in [6.45, 7) is 3.38. The van der Waals surface area contributed by atoms with E-state index < -0.39 is 17.7 Å². The van der Waals surface area contributed by atoms with E-state index >= 15 is 0 Å². The molecular formula is C25H27NO6. The van der Waals surface area contributed by atoms with E-state index in [0.29, 0.717) is 36.8 Å². The number of benzene rings is 2. The summed E-state index contributed by atoms with van der Waals surface area (Å²) in [4.78, 5) is 27.6. The Labute approximate surface area is 187 Å². The molecule has 7 nitrogen and oxygen atoms in total. The Hall–Kier alpha value is -3.32. The van der Waals surface area contributed by atoms with Crippen molar-refractivity contribution < 1.29 is 28.9 Å². The number of methoxy groups -OCH3 is 1. The van der Waals surface area contributed by atoms with Crippen molar-refractivity contribution in [2.24, 2.45) is 0 Å². The van der Waals surface area contributed by atoms with E-state index in [9.17, 15) is 14.7 Å². The summed E-state index contributed by atoms with van der Waals surface area (Å²) in [5.74, 6) is -0.213. The number of carbonyl (C=O) groups excluding carboxylic acids is 2. The largest absolute Gasteiger partial charge is 0.507 e. The lowest BCUT2D eigenvalue weighted by atomic mass is 9.95. The van der Waals surface area contributed by atoms with Crippen LogP contribution in [0.5, 0.6) is 11.5 Å². The molecule has 2 aliphatic rings. The summed E-state index contributed by atoms with van der Waals surface area (Å²) in [5.41, 5.74) is 1.24. The van der Waals surface area contributed by atoms with Crippen molar-refractivity contribution in [2.75, 3.05) is 26.9 Å². The van der Waals surface area contributed by atoms with Gasteiger partial charge in [-0.3, -0.25) is 9.59 Å². The van der Waals surface area contributed by atoms with Gasteiger partial charge >= 0.3 is 0 Å². The molecule has 1 N–H and O–H groups in total. The van der Waals surface area contributed by atoms with Gasteiger partial charge in [0.05, 0.1) is 31.4 Å². The van der Waals surface area contributed by atoms with Crippen molar-refractivity contribution in [1.29, 1.82) is 0 Å². The summed E-state index contributed by atoms with van der Waals surface area (Å²) >= 11 is 0. The molecule has 2 saturated heterocycles. The first-order valence-electron chi connectivity index (χ1n) is 10.8. The van der Waals surface area contributed by atoms with Gasteiger partial charge in [-0.05, 0) is 61.7 Å². The van der Waals surface area contributed by atoms with Crippen LogP contribution in [0.15, 0.2) is 54.1 Å². The molecule has 2 atom stereocenters. The zero-order chi connectivity index (χ0) is 22.7.